The van der Waals surface area contributed by atoms with Crippen molar-refractivity contribution in [2.45, 2.75) is 26.3 Å². The Labute approximate surface area is 181 Å². The third-order valence-electron chi connectivity index (χ3n) is 4.37. The molecule has 0 spiro atoms. The lowest BCUT2D eigenvalue weighted by Gasteiger charge is -2.04. The van der Waals surface area contributed by atoms with Crippen molar-refractivity contribution in [1.29, 1.82) is 0 Å². The largest absolute Gasteiger partial charge is 0.320 e. The van der Waals surface area contributed by atoms with Gasteiger partial charge in [-0.15, -0.1) is 0 Å². The second-order valence-electron chi connectivity index (χ2n) is 6.97. The van der Waals surface area contributed by atoms with Crippen molar-refractivity contribution in [2.24, 2.45) is 5.10 Å². The van der Waals surface area contributed by atoms with Crippen molar-refractivity contribution in [3.8, 4) is 0 Å². The van der Waals surface area contributed by atoms with Crippen LogP contribution in [0.2, 0.25) is 0 Å². The van der Waals surface area contributed by atoms with E-state index in [-0.39, 0.29) is 11.4 Å². The van der Waals surface area contributed by atoms with Crippen LogP contribution in [-0.2, 0) is 6.54 Å². The first kappa shape index (κ1) is 21.4. The highest BCUT2D eigenvalue weighted by Crippen LogP contribution is 2.19. The highest BCUT2D eigenvalue weighted by molar-refractivity contribution is 9.10. The Balaban J connectivity index is 1.72. The molecule has 3 aromatic rings. The summed E-state index contributed by atoms with van der Waals surface area (Å²) in [6.45, 7) is 4.50. The monoisotopic (exact) mass is 469 g/mol. The van der Waals surface area contributed by atoms with Gasteiger partial charge in [0.1, 0.15) is 6.20 Å². The fourth-order valence-electron chi connectivity index (χ4n) is 2.79. The van der Waals surface area contributed by atoms with Crippen LogP contribution in [0, 0.1) is 10.1 Å². The molecule has 9 heteroatoms. The van der Waals surface area contributed by atoms with E-state index in [4.69, 9.17) is 0 Å². The molecule has 1 heterocycles. The van der Waals surface area contributed by atoms with E-state index in [1.165, 1.54) is 22.7 Å². The first-order valence-corrected chi connectivity index (χ1v) is 10.0. The minimum Gasteiger partial charge on any atom is -0.265 e. The van der Waals surface area contributed by atoms with E-state index >= 15 is 0 Å². The SMILES string of the molecule is CC(C)c1ccc(/C=N/NC(=O)c2nn(Cc3cccc(Br)c3)cc2[N+](=O)[O-])cc1. The molecule has 0 aliphatic rings. The molecule has 1 aromatic heterocycles. The van der Waals surface area contributed by atoms with E-state index < -0.39 is 10.8 Å². The predicted octanol–water partition coefficient (Wildman–Crippen LogP) is 4.49. The Hall–Kier alpha value is -3.33. The van der Waals surface area contributed by atoms with E-state index in [1.807, 2.05) is 48.5 Å². The van der Waals surface area contributed by atoms with Gasteiger partial charge in [-0.1, -0.05) is 66.2 Å². The van der Waals surface area contributed by atoms with Crippen LogP contribution in [0.4, 0.5) is 5.69 Å². The maximum absolute atomic E-state index is 12.4. The minimum atomic E-state index is -0.746. The fourth-order valence-corrected chi connectivity index (χ4v) is 3.24. The van der Waals surface area contributed by atoms with Gasteiger partial charge >= 0.3 is 5.69 Å². The van der Waals surface area contributed by atoms with Gasteiger partial charge in [0.25, 0.3) is 5.91 Å². The molecular formula is C21H20BrN5O3. The van der Waals surface area contributed by atoms with Gasteiger partial charge in [-0.05, 0) is 34.7 Å². The summed E-state index contributed by atoms with van der Waals surface area (Å²) in [5.41, 5.74) is 4.53. The number of nitrogens with zero attached hydrogens (tertiary/aromatic N) is 4. The summed E-state index contributed by atoms with van der Waals surface area (Å²) < 4.78 is 2.25. The van der Waals surface area contributed by atoms with Crippen LogP contribution in [0.5, 0.6) is 0 Å². The van der Waals surface area contributed by atoms with Gasteiger partial charge in [0.05, 0.1) is 17.7 Å². The van der Waals surface area contributed by atoms with Crippen molar-refractivity contribution in [2.75, 3.05) is 0 Å². The van der Waals surface area contributed by atoms with Crippen LogP contribution in [0.25, 0.3) is 0 Å². The number of nitro groups is 1. The third kappa shape index (κ3) is 5.38. The number of nitrogens with one attached hydrogen (secondary N) is 1. The molecular weight excluding hydrogens is 450 g/mol. The molecule has 30 heavy (non-hydrogen) atoms. The molecule has 0 aliphatic carbocycles. The Morgan fingerprint density at radius 2 is 2.03 bits per heavy atom. The highest BCUT2D eigenvalue weighted by Gasteiger charge is 2.25. The second-order valence-corrected chi connectivity index (χ2v) is 7.88. The Kier molecular flexibility index (Phi) is 6.73. The first-order valence-electron chi connectivity index (χ1n) is 9.23. The topological polar surface area (TPSA) is 102 Å². The number of aromatic nitrogens is 2. The van der Waals surface area contributed by atoms with Gasteiger partial charge in [0.2, 0.25) is 5.69 Å². The second kappa shape index (κ2) is 9.45. The van der Waals surface area contributed by atoms with E-state index in [1.54, 1.807) is 0 Å². The van der Waals surface area contributed by atoms with E-state index in [9.17, 15) is 14.9 Å². The molecule has 3 rings (SSSR count). The van der Waals surface area contributed by atoms with Crippen molar-refractivity contribution < 1.29 is 9.72 Å². The summed E-state index contributed by atoms with van der Waals surface area (Å²) in [5.74, 6) is -0.326. The zero-order valence-corrected chi connectivity index (χ0v) is 18.0. The summed E-state index contributed by atoms with van der Waals surface area (Å²) in [5, 5.41) is 19.3. The highest BCUT2D eigenvalue weighted by atomic mass is 79.9. The summed E-state index contributed by atoms with van der Waals surface area (Å²) in [4.78, 5) is 23.1. The van der Waals surface area contributed by atoms with E-state index in [0.29, 0.717) is 12.5 Å². The zero-order chi connectivity index (χ0) is 21.7. The summed E-state index contributed by atoms with van der Waals surface area (Å²) >= 11 is 3.38. The number of carbonyl (C=O) groups excluding carboxylic acids is 1. The molecule has 2 aromatic carbocycles. The van der Waals surface area contributed by atoms with Crippen LogP contribution in [-0.4, -0.2) is 26.8 Å². The van der Waals surface area contributed by atoms with Crippen LogP contribution in [0.15, 0.2) is 64.3 Å². The van der Waals surface area contributed by atoms with Gasteiger partial charge in [0, 0.05) is 4.47 Å². The molecule has 1 N–H and O–H groups in total. The predicted molar refractivity (Wildman–Crippen MR) is 118 cm³/mol. The van der Waals surface area contributed by atoms with Gasteiger partial charge in [0.15, 0.2) is 0 Å². The van der Waals surface area contributed by atoms with Crippen LogP contribution in [0.1, 0.15) is 46.9 Å². The summed E-state index contributed by atoms with van der Waals surface area (Å²) in [7, 11) is 0. The molecule has 0 atom stereocenters. The fraction of sp³-hybridized carbons (Fsp3) is 0.190. The number of hydrogen-bond acceptors (Lipinski definition) is 5. The summed E-state index contributed by atoms with van der Waals surface area (Å²) in [6, 6.07) is 15.2. The number of halogens is 1. The maximum atomic E-state index is 12.4. The van der Waals surface area contributed by atoms with Crippen molar-refractivity contribution in [1.82, 2.24) is 15.2 Å². The molecule has 0 aliphatic heterocycles. The molecule has 0 fully saturated rings. The Morgan fingerprint density at radius 1 is 1.30 bits per heavy atom. The lowest BCUT2D eigenvalue weighted by molar-refractivity contribution is -0.385. The van der Waals surface area contributed by atoms with E-state index in [2.05, 4.69) is 45.4 Å². The Bertz CT molecular complexity index is 1090. The molecule has 1 amide bonds. The molecule has 0 bridgehead atoms. The van der Waals surface area contributed by atoms with Gasteiger partial charge < -0.3 is 0 Å². The quantitative estimate of drug-likeness (QED) is 0.312. The molecule has 0 radical (unpaired) electrons. The average molecular weight is 470 g/mol. The zero-order valence-electron chi connectivity index (χ0n) is 16.4. The molecule has 0 saturated carbocycles. The third-order valence-corrected chi connectivity index (χ3v) is 4.86. The van der Waals surface area contributed by atoms with E-state index in [0.717, 1.165) is 15.6 Å². The average Bonchev–Trinajstić information content (AvgIpc) is 3.12. The number of hydrazone groups is 1. The normalized spacial score (nSPS) is 11.2. The lowest BCUT2D eigenvalue weighted by Crippen LogP contribution is -2.19. The summed E-state index contributed by atoms with van der Waals surface area (Å²) in [6.07, 6.45) is 2.72. The van der Waals surface area contributed by atoms with Crippen LogP contribution < -0.4 is 5.43 Å². The van der Waals surface area contributed by atoms with Gasteiger partial charge in [-0.3, -0.25) is 19.6 Å². The number of hydrogen-bond donors (Lipinski definition) is 1. The number of amides is 1. The van der Waals surface area contributed by atoms with Crippen molar-refractivity contribution in [3.05, 3.63) is 91.7 Å². The number of benzene rings is 2. The first-order chi connectivity index (χ1) is 14.3. The van der Waals surface area contributed by atoms with Gasteiger partial charge in [-0.2, -0.15) is 10.2 Å². The maximum Gasteiger partial charge on any atom is 0.320 e. The van der Waals surface area contributed by atoms with Crippen LogP contribution in [0.3, 0.4) is 0 Å². The molecule has 0 unspecified atom stereocenters. The smallest absolute Gasteiger partial charge is 0.265 e. The number of rotatable bonds is 7. The Morgan fingerprint density at radius 3 is 2.67 bits per heavy atom. The van der Waals surface area contributed by atoms with Gasteiger partial charge in [-0.25, -0.2) is 5.43 Å². The van der Waals surface area contributed by atoms with Crippen molar-refractivity contribution in [3.63, 3.8) is 0 Å². The van der Waals surface area contributed by atoms with Crippen LogP contribution >= 0.6 is 15.9 Å². The molecule has 0 saturated heterocycles. The molecule has 8 nitrogen and oxygen atoms in total. The molecule has 154 valence electrons. The standard InChI is InChI=1S/C21H20BrN5O3/c1-14(2)17-8-6-15(7-9-17)11-23-24-21(28)20-19(27(29)30)13-26(25-20)12-16-4-3-5-18(22)10-16/h3-11,13-14H,12H2,1-2H3,(H,24,28)/b23-11+. The number of carbonyl (C=O) groups is 1. The minimum absolute atomic E-state index is 0.290. The van der Waals surface area contributed by atoms with Crippen molar-refractivity contribution >= 4 is 33.7 Å². The lowest BCUT2D eigenvalue weighted by atomic mass is 10.0.